The van der Waals surface area contributed by atoms with Gasteiger partial charge in [0.15, 0.2) is 0 Å². The number of carbonyl (C=O) groups excluding carboxylic acids is 3. The lowest BCUT2D eigenvalue weighted by atomic mass is 10.00. The highest BCUT2D eigenvalue weighted by Crippen LogP contribution is 2.26. The van der Waals surface area contributed by atoms with Gasteiger partial charge in [-0.15, -0.1) is 0 Å². The topological polar surface area (TPSA) is 80.5 Å². The molecule has 0 aromatic heterocycles. The van der Waals surface area contributed by atoms with Crippen LogP contribution in [0.1, 0.15) is 40.5 Å². The summed E-state index contributed by atoms with van der Waals surface area (Å²) in [6.45, 7) is 8.04. The molecule has 106 valence electrons. The number of likely N-dealkylation sites (N-methyl/N-ethyl adjacent to an activating group) is 1. The van der Waals surface area contributed by atoms with Gasteiger partial charge in [-0.3, -0.25) is 14.4 Å². The first-order valence-electron chi connectivity index (χ1n) is 6.72. The molecule has 0 saturated heterocycles. The maximum atomic E-state index is 12.4. The number of Topliss-reactive ketones (excluding diaryl/α,β-unsaturated/α-hetero) is 2. The summed E-state index contributed by atoms with van der Waals surface area (Å²) in [5.41, 5.74) is 6.39. The summed E-state index contributed by atoms with van der Waals surface area (Å²) < 4.78 is 0. The second-order valence-corrected chi connectivity index (χ2v) is 5.02. The van der Waals surface area contributed by atoms with Gasteiger partial charge in [0, 0.05) is 36.2 Å². The van der Waals surface area contributed by atoms with Crippen molar-refractivity contribution in [3.63, 3.8) is 0 Å². The molecule has 0 aromatic carbocycles. The Labute approximate surface area is 113 Å². The van der Waals surface area contributed by atoms with Crippen LogP contribution in [0.4, 0.5) is 0 Å². The number of ketones is 2. The van der Waals surface area contributed by atoms with Crippen LogP contribution >= 0.6 is 0 Å². The van der Waals surface area contributed by atoms with Crippen LogP contribution in [0, 0.1) is 0 Å². The van der Waals surface area contributed by atoms with Crippen LogP contribution in [0.2, 0.25) is 0 Å². The number of carbonyl (C=O) groups is 3. The van der Waals surface area contributed by atoms with Crippen molar-refractivity contribution in [3.05, 3.63) is 11.1 Å². The van der Waals surface area contributed by atoms with Crippen molar-refractivity contribution in [2.45, 2.75) is 52.6 Å². The number of hydrogen-bond acceptors (Lipinski definition) is 4. The average molecular weight is 266 g/mol. The van der Waals surface area contributed by atoms with Crippen molar-refractivity contribution in [2.24, 2.45) is 5.73 Å². The Balaban J connectivity index is 3.19. The van der Waals surface area contributed by atoms with Crippen LogP contribution in [-0.4, -0.2) is 41.0 Å². The van der Waals surface area contributed by atoms with Crippen LogP contribution in [0.25, 0.3) is 0 Å². The standard InChI is InChI=1S/C14H22N2O3/c1-5-10(15)12-9(7-11(17)13(12)18)14(19)16(6-2)8(3)4/h8,10H,5-7,15H2,1-4H3. The third kappa shape index (κ3) is 2.92. The van der Waals surface area contributed by atoms with Crippen molar-refractivity contribution in [1.82, 2.24) is 4.90 Å². The summed E-state index contributed by atoms with van der Waals surface area (Å²) >= 11 is 0. The van der Waals surface area contributed by atoms with E-state index in [0.717, 1.165) is 0 Å². The van der Waals surface area contributed by atoms with Crippen LogP contribution < -0.4 is 5.73 Å². The summed E-state index contributed by atoms with van der Waals surface area (Å²) in [5.74, 6) is -1.35. The molecule has 0 heterocycles. The Morgan fingerprint density at radius 3 is 2.32 bits per heavy atom. The maximum absolute atomic E-state index is 12.4. The summed E-state index contributed by atoms with van der Waals surface area (Å²) in [6, 6.07) is -0.515. The Morgan fingerprint density at radius 1 is 1.32 bits per heavy atom. The molecule has 0 fully saturated rings. The number of amides is 1. The predicted molar refractivity (Wildman–Crippen MR) is 72.4 cm³/mol. The smallest absolute Gasteiger partial charge is 0.250 e. The van der Waals surface area contributed by atoms with E-state index < -0.39 is 17.6 Å². The van der Waals surface area contributed by atoms with Gasteiger partial charge in [0.25, 0.3) is 5.91 Å². The zero-order chi connectivity index (χ0) is 14.7. The molecule has 1 amide bonds. The lowest BCUT2D eigenvalue weighted by molar-refractivity contribution is -0.133. The Morgan fingerprint density at radius 2 is 1.89 bits per heavy atom. The van der Waals surface area contributed by atoms with Gasteiger partial charge in [-0.05, 0) is 27.2 Å². The Bertz CT molecular complexity index is 438. The van der Waals surface area contributed by atoms with Crippen molar-refractivity contribution < 1.29 is 14.4 Å². The molecule has 1 atom stereocenters. The van der Waals surface area contributed by atoms with Crippen LogP contribution in [-0.2, 0) is 14.4 Å². The third-order valence-corrected chi connectivity index (χ3v) is 3.45. The Kier molecular flexibility index (Phi) is 5.00. The molecule has 5 nitrogen and oxygen atoms in total. The average Bonchev–Trinajstić information content (AvgIpc) is 2.65. The molecule has 1 aliphatic rings. The lowest BCUT2D eigenvalue weighted by Gasteiger charge is -2.26. The summed E-state index contributed by atoms with van der Waals surface area (Å²) in [6.07, 6.45) is 0.420. The molecule has 1 aliphatic carbocycles. The normalized spacial score (nSPS) is 17.4. The van der Waals surface area contributed by atoms with Crippen molar-refractivity contribution >= 4 is 17.5 Å². The van der Waals surface area contributed by atoms with Crippen LogP contribution in [0.5, 0.6) is 0 Å². The minimum absolute atomic E-state index is 0.0231. The molecule has 19 heavy (non-hydrogen) atoms. The highest BCUT2D eigenvalue weighted by atomic mass is 16.2. The van der Waals surface area contributed by atoms with Gasteiger partial charge in [-0.1, -0.05) is 6.92 Å². The van der Waals surface area contributed by atoms with Gasteiger partial charge in [0.05, 0.1) is 0 Å². The summed E-state index contributed by atoms with van der Waals surface area (Å²) in [5, 5.41) is 0. The van der Waals surface area contributed by atoms with Crippen molar-refractivity contribution in [3.8, 4) is 0 Å². The van der Waals surface area contributed by atoms with Crippen LogP contribution in [0.3, 0.4) is 0 Å². The minimum Gasteiger partial charge on any atom is -0.337 e. The molecule has 0 aliphatic heterocycles. The molecule has 0 saturated carbocycles. The molecule has 0 spiro atoms. The molecule has 0 bridgehead atoms. The van der Waals surface area contributed by atoms with E-state index in [1.807, 2.05) is 27.7 Å². The lowest BCUT2D eigenvalue weighted by Crippen LogP contribution is -2.38. The van der Waals surface area contributed by atoms with E-state index in [1.54, 1.807) is 4.90 Å². The van der Waals surface area contributed by atoms with E-state index in [0.29, 0.717) is 18.5 Å². The first kappa shape index (κ1) is 15.6. The van der Waals surface area contributed by atoms with Gasteiger partial charge in [0.2, 0.25) is 11.6 Å². The zero-order valence-corrected chi connectivity index (χ0v) is 12.0. The third-order valence-electron chi connectivity index (χ3n) is 3.45. The molecule has 5 heteroatoms. The SMILES string of the molecule is CCC(N)C1=C(C(=O)N(CC)C(C)C)CC(=O)C1=O. The van der Waals surface area contributed by atoms with Gasteiger partial charge in [-0.25, -0.2) is 0 Å². The first-order chi connectivity index (χ1) is 8.84. The highest BCUT2D eigenvalue weighted by molar-refractivity contribution is 6.48. The minimum atomic E-state index is -0.586. The monoisotopic (exact) mass is 266 g/mol. The van der Waals surface area contributed by atoms with Crippen LogP contribution in [0.15, 0.2) is 11.1 Å². The number of hydrogen-bond donors (Lipinski definition) is 1. The molecule has 2 N–H and O–H groups in total. The predicted octanol–water partition coefficient (Wildman–Crippen LogP) is 0.819. The van der Waals surface area contributed by atoms with Gasteiger partial charge >= 0.3 is 0 Å². The number of nitrogens with two attached hydrogens (primary N) is 1. The molecular formula is C14H22N2O3. The fourth-order valence-corrected chi connectivity index (χ4v) is 2.33. The fraction of sp³-hybridized carbons (Fsp3) is 0.643. The second-order valence-electron chi connectivity index (χ2n) is 5.02. The van der Waals surface area contributed by atoms with Crippen molar-refractivity contribution in [2.75, 3.05) is 6.54 Å². The number of rotatable bonds is 5. The van der Waals surface area contributed by atoms with Crippen molar-refractivity contribution in [1.29, 1.82) is 0 Å². The molecule has 0 radical (unpaired) electrons. The Hall–Kier alpha value is -1.49. The summed E-state index contributed by atoms with van der Waals surface area (Å²) in [4.78, 5) is 37.5. The highest BCUT2D eigenvalue weighted by Gasteiger charge is 2.38. The first-order valence-corrected chi connectivity index (χ1v) is 6.72. The quantitative estimate of drug-likeness (QED) is 0.747. The largest absolute Gasteiger partial charge is 0.337 e. The van der Waals surface area contributed by atoms with E-state index in [9.17, 15) is 14.4 Å². The maximum Gasteiger partial charge on any atom is 0.250 e. The fourth-order valence-electron chi connectivity index (χ4n) is 2.33. The molecule has 1 rings (SSSR count). The second kappa shape index (κ2) is 6.10. The molecular weight excluding hydrogens is 244 g/mol. The van der Waals surface area contributed by atoms with E-state index in [1.165, 1.54) is 0 Å². The van der Waals surface area contributed by atoms with E-state index in [4.69, 9.17) is 5.73 Å². The molecule has 1 unspecified atom stereocenters. The van der Waals surface area contributed by atoms with Gasteiger partial charge < -0.3 is 10.6 Å². The van der Waals surface area contributed by atoms with Gasteiger partial charge in [0.1, 0.15) is 0 Å². The summed E-state index contributed by atoms with van der Waals surface area (Å²) in [7, 11) is 0. The zero-order valence-electron chi connectivity index (χ0n) is 12.0. The van der Waals surface area contributed by atoms with E-state index in [-0.39, 0.29) is 23.9 Å². The van der Waals surface area contributed by atoms with E-state index >= 15 is 0 Å². The number of nitrogens with zero attached hydrogens (tertiary/aromatic N) is 1. The van der Waals surface area contributed by atoms with Gasteiger partial charge in [-0.2, -0.15) is 0 Å². The molecule has 0 aromatic rings. The van der Waals surface area contributed by atoms with E-state index in [2.05, 4.69) is 0 Å².